The molecule has 182 valence electrons. The van der Waals surface area contributed by atoms with Crippen molar-refractivity contribution in [1.82, 2.24) is 24.0 Å². The van der Waals surface area contributed by atoms with E-state index in [4.69, 9.17) is 20.2 Å². The van der Waals surface area contributed by atoms with E-state index in [0.717, 1.165) is 59.5 Å². The zero-order valence-corrected chi connectivity index (χ0v) is 20.5. The number of piperidine rings is 1. The van der Waals surface area contributed by atoms with Crippen LogP contribution in [0, 0.1) is 5.92 Å². The number of likely N-dealkylation sites (tertiary alicyclic amines) is 1. The lowest BCUT2D eigenvalue weighted by atomic mass is 10.1. The molecule has 3 aromatic heterocycles. The summed E-state index contributed by atoms with van der Waals surface area (Å²) in [5.74, 6) is 2.38. The van der Waals surface area contributed by atoms with Crippen LogP contribution in [0.1, 0.15) is 30.1 Å². The standard InChI is InChI=1S/C26H30N6O3/c1-5-31-19(11-14-7-9-21(35-4)29-24(14)31)25-28-17-10-16(12-20(34-3)23(17)30(25)2)26(33)32-13-15-6-8-18(32)22(15)27/h7,9-12,15,18,22H,5-6,8,13,27H2,1-4H3/t15-,18?,22-/m1/s1. The van der Waals surface area contributed by atoms with Crippen LogP contribution in [0.15, 0.2) is 30.3 Å². The summed E-state index contributed by atoms with van der Waals surface area (Å²) in [4.78, 5) is 25.1. The summed E-state index contributed by atoms with van der Waals surface area (Å²) >= 11 is 0. The Morgan fingerprint density at radius 3 is 2.63 bits per heavy atom. The number of nitrogens with two attached hydrogens (primary N) is 1. The maximum atomic E-state index is 13.5. The summed E-state index contributed by atoms with van der Waals surface area (Å²) in [6, 6.07) is 9.86. The number of pyridine rings is 1. The van der Waals surface area contributed by atoms with E-state index in [0.29, 0.717) is 23.1 Å². The van der Waals surface area contributed by atoms with Crippen LogP contribution in [0.5, 0.6) is 11.6 Å². The van der Waals surface area contributed by atoms with Crippen LogP contribution in [-0.2, 0) is 13.6 Å². The number of hydrogen-bond donors (Lipinski definition) is 1. The fraction of sp³-hybridized carbons (Fsp3) is 0.423. The number of nitrogens with zero attached hydrogens (tertiary/aromatic N) is 5. The number of carbonyl (C=O) groups excluding carboxylic acids is 1. The fourth-order valence-electron chi connectivity index (χ4n) is 6.00. The van der Waals surface area contributed by atoms with Crippen LogP contribution in [0.4, 0.5) is 0 Å². The molecule has 1 amide bonds. The highest BCUT2D eigenvalue weighted by atomic mass is 16.5. The molecule has 4 heterocycles. The molecule has 1 unspecified atom stereocenters. The van der Waals surface area contributed by atoms with Gasteiger partial charge < -0.3 is 29.2 Å². The molecule has 1 saturated carbocycles. The molecule has 2 aliphatic rings. The maximum absolute atomic E-state index is 13.5. The largest absolute Gasteiger partial charge is 0.494 e. The molecule has 9 nitrogen and oxygen atoms in total. The molecule has 1 aliphatic heterocycles. The average molecular weight is 475 g/mol. The molecule has 4 aromatic rings. The molecular formula is C26H30N6O3. The van der Waals surface area contributed by atoms with Gasteiger partial charge >= 0.3 is 0 Å². The second kappa shape index (κ2) is 7.98. The summed E-state index contributed by atoms with van der Waals surface area (Å²) < 4.78 is 15.2. The number of ether oxygens (including phenoxy) is 2. The van der Waals surface area contributed by atoms with Gasteiger partial charge in [-0.15, -0.1) is 0 Å². The topological polar surface area (TPSA) is 100 Å². The number of hydrogen-bond acceptors (Lipinski definition) is 6. The lowest BCUT2D eigenvalue weighted by Gasteiger charge is -2.27. The number of benzene rings is 1. The van der Waals surface area contributed by atoms with Crippen molar-refractivity contribution in [3.05, 3.63) is 35.9 Å². The first-order valence-corrected chi connectivity index (χ1v) is 12.1. The van der Waals surface area contributed by atoms with E-state index in [1.807, 2.05) is 40.8 Å². The van der Waals surface area contributed by atoms with E-state index >= 15 is 0 Å². The van der Waals surface area contributed by atoms with Crippen molar-refractivity contribution >= 4 is 28.0 Å². The molecule has 1 saturated heterocycles. The molecule has 2 N–H and O–H groups in total. The van der Waals surface area contributed by atoms with Gasteiger partial charge in [0.2, 0.25) is 5.88 Å². The van der Waals surface area contributed by atoms with Gasteiger partial charge in [0.1, 0.15) is 16.9 Å². The van der Waals surface area contributed by atoms with Gasteiger partial charge in [0.15, 0.2) is 5.82 Å². The molecule has 9 heteroatoms. The summed E-state index contributed by atoms with van der Waals surface area (Å²) in [5.41, 5.74) is 10.3. The van der Waals surface area contributed by atoms with Crippen molar-refractivity contribution < 1.29 is 14.3 Å². The Hall–Kier alpha value is -3.59. The minimum Gasteiger partial charge on any atom is -0.494 e. The normalized spacial score (nSPS) is 21.4. The van der Waals surface area contributed by atoms with Gasteiger partial charge in [-0.25, -0.2) is 4.98 Å². The van der Waals surface area contributed by atoms with Gasteiger partial charge in [0.05, 0.1) is 25.4 Å². The Bertz CT molecular complexity index is 1470. The van der Waals surface area contributed by atoms with Crippen LogP contribution in [0.3, 0.4) is 0 Å². The van der Waals surface area contributed by atoms with Crippen molar-refractivity contribution in [3.63, 3.8) is 0 Å². The Kier molecular flexibility index (Phi) is 5.00. The van der Waals surface area contributed by atoms with E-state index in [2.05, 4.69) is 22.5 Å². The average Bonchev–Trinajstić information content (AvgIpc) is 3.61. The van der Waals surface area contributed by atoms with E-state index in [1.165, 1.54) is 0 Å². The first-order valence-electron chi connectivity index (χ1n) is 12.1. The van der Waals surface area contributed by atoms with Crippen LogP contribution < -0.4 is 15.2 Å². The third-order valence-corrected chi connectivity index (χ3v) is 7.79. The third-order valence-electron chi connectivity index (χ3n) is 7.79. The van der Waals surface area contributed by atoms with Crippen LogP contribution in [0.2, 0.25) is 0 Å². The molecular weight excluding hydrogens is 444 g/mol. The smallest absolute Gasteiger partial charge is 0.254 e. The minimum atomic E-state index is -0.000908. The second-order valence-electron chi connectivity index (χ2n) is 9.52. The van der Waals surface area contributed by atoms with Gasteiger partial charge in [0, 0.05) is 49.2 Å². The Balaban J connectivity index is 1.47. The van der Waals surface area contributed by atoms with Crippen molar-refractivity contribution in [2.75, 3.05) is 20.8 Å². The van der Waals surface area contributed by atoms with Crippen LogP contribution >= 0.6 is 0 Å². The number of carbonyl (C=O) groups is 1. The number of aryl methyl sites for hydroxylation is 2. The Morgan fingerprint density at radius 1 is 1.14 bits per heavy atom. The molecule has 35 heavy (non-hydrogen) atoms. The molecule has 1 aromatic carbocycles. The first-order chi connectivity index (χ1) is 16.9. The molecule has 2 bridgehead atoms. The fourth-order valence-corrected chi connectivity index (χ4v) is 6.00. The van der Waals surface area contributed by atoms with E-state index < -0.39 is 0 Å². The van der Waals surface area contributed by atoms with Gasteiger partial charge in [-0.3, -0.25) is 4.79 Å². The highest BCUT2D eigenvalue weighted by Gasteiger charge is 2.47. The summed E-state index contributed by atoms with van der Waals surface area (Å²) in [5, 5.41) is 1.01. The van der Waals surface area contributed by atoms with E-state index in [-0.39, 0.29) is 18.0 Å². The Morgan fingerprint density at radius 2 is 1.97 bits per heavy atom. The highest BCUT2D eigenvalue weighted by molar-refractivity contribution is 6.00. The SMILES string of the molecule is CCn1c(-c2nc3cc(C(=O)N4C[C@H]5CCC4[C@@H]5N)cc(OC)c3n2C)cc2ccc(OC)nc21. The molecule has 2 fully saturated rings. The molecule has 1 aliphatic carbocycles. The zero-order chi connectivity index (χ0) is 24.4. The quantitative estimate of drug-likeness (QED) is 0.477. The first kappa shape index (κ1) is 21.9. The Labute approximate surface area is 203 Å². The lowest BCUT2D eigenvalue weighted by Crippen LogP contribution is -2.41. The van der Waals surface area contributed by atoms with Gasteiger partial charge in [-0.2, -0.15) is 4.98 Å². The summed E-state index contributed by atoms with van der Waals surface area (Å²) in [6.07, 6.45) is 2.08. The van der Waals surface area contributed by atoms with Crippen molar-refractivity contribution in [1.29, 1.82) is 0 Å². The molecule has 6 rings (SSSR count). The number of amides is 1. The lowest BCUT2D eigenvalue weighted by molar-refractivity contribution is 0.0700. The summed E-state index contributed by atoms with van der Waals surface area (Å²) in [7, 11) is 5.22. The summed E-state index contributed by atoms with van der Waals surface area (Å²) in [6.45, 7) is 3.53. The molecule has 0 radical (unpaired) electrons. The third kappa shape index (κ3) is 3.14. The molecule has 0 spiro atoms. The monoisotopic (exact) mass is 474 g/mol. The van der Waals surface area contributed by atoms with Gasteiger partial charge in [-0.1, -0.05) is 0 Å². The van der Waals surface area contributed by atoms with E-state index in [9.17, 15) is 4.79 Å². The number of methoxy groups -OCH3 is 2. The number of imidazole rings is 1. The van der Waals surface area contributed by atoms with Gasteiger partial charge in [0.25, 0.3) is 5.91 Å². The van der Waals surface area contributed by atoms with Gasteiger partial charge in [-0.05, 0) is 49.9 Å². The van der Waals surface area contributed by atoms with Crippen LogP contribution in [-0.4, -0.2) is 62.8 Å². The van der Waals surface area contributed by atoms with Crippen molar-refractivity contribution in [3.8, 4) is 23.1 Å². The minimum absolute atomic E-state index is 0.000908. The van der Waals surface area contributed by atoms with Crippen molar-refractivity contribution in [2.45, 2.75) is 38.4 Å². The zero-order valence-electron chi connectivity index (χ0n) is 20.5. The predicted molar refractivity (Wildman–Crippen MR) is 134 cm³/mol. The van der Waals surface area contributed by atoms with Crippen LogP contribution in [0.25, 0.3) is 33.6 Å². The second-order valence-corrected chi connectivity index (χ2v) is 9.52. The maximum Gasteiger partial charge on any atom is 0.254 e. The predicted octanol–water partition coefficient (Wildman–Crippen LogP) is 3.19. The molecule has 3 atom stereocenters. The van der Waals surface area contributed by atoms with Crippen molar-refractivity contribution in [2.24, 2.45) is 18.7 Å². The number of fused-ring (bicyclic) bond motifs is 4. The number of aromatic nitrogens is 4. The highest BCUT2D eigenvalue weighted by Crippen LogP contribution is 2.39. The number of rotatable bonds is 5. The van der Waals surface area contributed by atoms with E-state index in [1.54, 1.807) is 14.2 Å².